The Morgan fingerprint density at radius 3 is 1.82 bits per heavy atom. The van der Waals surface area contributed by atoms with Gasteiger partial charge in [-0.25, -0.2) is 0 Å². The van der Waals surface area contributed by atoms with Crippen molar-refractivity contribution in [3.05, 3.63) is 0 Å². The fourth-order valence-electron chi connectivity index (χ4n) is 1.31. The van der Waals surface area contributed by atoms with Gasteiger partial charge in [0.05, 0.1) is 0 Å². The molecule has 68 valence electrons. The van der Waals surface area contributed by atoms with Crippen LogP contribution in [0.15, 0.2) is 0 Å². The van der Waals surface area contributed by atoms with Crippen LogP contribution in [0.5, 0.6) is 0 Å². The molecule has 1 aliphatic rings. The van der Waals surface area contributed by atoms with Crippen molar-refractivity contribution >= 4 is 0 Å². The third kappa shape index (κ3) is 7.86. The molecule has 1 fully saturated rings. The van der Waals surface area contributed by atoms with Crippen LogP contribution in [0, 0.1) is 5.92 Å². The first-order valence-electron chi connectivity index (χ1n) is 4.95. The van der Waals surface area contributed by atoms with Crippen molar-refractivity contribution in [3.63, 3.8) is 0 Å². The molecule has 1 N–H and O–H groups in total. The molecule has 1 aliphatic carbocycles. The van der Waals surface area contributed by atoms with Crippen molar-refractivity contribution in [3.8, 4) is 0 Å². The highest BCUT2D eigenvalue weighted by Gasteiger charge is 2.05. The molecule has 1 heteroatoms. The molecular weight excluding hydrogens is 134 g/mol. The van der Waals surface area contributed by atoms with Crippen molar-refractivity contribution in [2.45, 2.75) is 46.0 Å². The maximum Gasteiger partial charge on any atom is -0.00804 e. The van der Waals surface area contributed by atoms with E-state index in [1.54, 1.807) is 0 Å². The van der Waals surface area contributed by atoms with Gasteiger partial charge in [-0.05, 0) is 19.5 Å². The lowest BCUT2D eigenvalue weighted by molar-refractivity contribution is 0.385. The van der Waals surface area contributed by atoms with Gasteiger partial charge in [-0.1, -0.05) is 46.0 Å². The van der Waals surface area contributed by atoms with Crippen LogP contribution in [0.4, 0.5) is 0 Å². The lowest BCUT2D eigenvalue weighted by Gasteiger charge is -2.15. The largest absolute Gasteiger partial charge is 0.320 e. The van der Waals surface area contributed by atoms with E-state index in [0.717, 1.165) is 12.5 Å². The van der Waals surface area contributed by atoms with Gasteiger partial charge in [-0.15, -0.1) is 0 Å². The molecule has 0 saturated heterocycles. The second-order valence-electron chi connectivity index (χ2n) is 3.45. The van der Waals surface area contributed by atoms with Gasteiger partial charge < -0.3 is 5.32 Å². The zero-order valence-electron chi connectivity index (χ0n) is 8.32. The Morgan fingerprint density at radius 2 is 1.64 bits per heavy atom. The summed E-state index contributed by atoms with van der Waals surface area (Å²) in [6.45, 7) is 5.50. The lowest BCUT2D eigenvalue weighted by atomic mass is 9.91. The topological polar surface area (TPSA) is 12.0 Å². The molecule has 1 rings (SSSR count). The van der Waals surface area contributed by atoms with Gasteiger partial charge in [-0.3, -0.25) is 0 Å². The molecule has 0 spiro atoms. The van der Waals surface area contributed by atoms with Crippen molar-refractivity contribution < 1.29 is 0 Å². The van der Waals surface area contributed by atoms with Crippen LogP contribution in [0.3, 0.4) is 0 Å². The van der Waals surface area contributed by atoms with Crippen LogP contribution in [-0.2, 0) is 0 Å². The van der Waals surface area contributed by atoms with E-state index in [2.05, 4.69) is 19.2 Å². The molecule has 0 amide bonds. The summed E-state index contributed by atoms with van der Waals surface area (Å²) in [6, 6.07) is 0. The van der Waals surface area contributed by atoms with Crippen molar-refractivity contribution in [1.82, 2.24) is 5.32 Å². The summed E-state index contributed by atoms with van der Waals surface area (Å²) in [5.74, 6) is 1.04. The van der Waals surface area contributed by atoms with E-state index in [0.29, 0.717) is 0 Å². The smallest absolute Gasteiger partial charge is 0.00804 e. The van der Waals surface area contributed by atoms with Gasteiger partial charge in [0, 0.05) is 0 Å². The minimum absolute atomic E-state index is 1.04. The molecule has 0 heterocycles. The number of nitrogens with one attached hydrogen (secondary N) is 1. The highest BCUT2D eigenvalue weighted by molar-refractivity contribution is 4.59. The second-order valence-corrected chi connectivity index (χ2v) is 3.45. The van der Waals surface area contributed by atoms with E-state index in [4.69, 9.17) is 0 Å². The fourth-order valence-corrected chi connectivity index (χ4v) is 1.31. The van der Waals surface area contributed by atoms with Crippen LogP contribution in [0.25, 0.3) is 0 Å². The predicted molar refractivity (Wildman–Crippen MR) is 51.8 cm³/mol. The molecule has 0 bridgehead atoms. The highest BCUT2D eigenvalue weighted by Crippen LogP contribution is 2.21. The average molecular weight is 157 g/mol. The van der Waals surface area contributed by atoms with Crippen molar-refractivity contribution in [1.29, 1.82) is 0 Å². The Bertz CT molecular complexity index is 63.3. The predicted octanol–water partition coefficient (Wildman–Crippen LogP) is 2.81. The minimum Gasteiger partial charge on any atom is -0.320 e. The molecule has 0 aromatic heterocycles. The summed E-state index contributed by atoms with van der Waals surface area (Å²) < 4.78 is 0. The quantitative estimate of drug-likeness (QED) is 0.617. The van der Waals surface area contributed by atoms with Gasteiger partial charge >= 0.3 is 0 Å². The van der Waals surface area contributed by atoms with Crippen LogP contribution < -0.4 is 5.32 Å². The number of hydrogen-bond acceptors (Lipinski definition) is 1. The van der Waals surface area contributed by atoms with Crippen molar-refractivity contribution in [2.75, 3.05) is 13.6 Å². The SMILES string of the molecule is CC1CCCCC1.CCNC. The molecule has 0 aromatic carbocycles. The Morgan fingerprint density at radius 1 is 1.18 bits per heavy atom. The maximum absolute atomic E-state index is 2.93. The number of hydrogen-bond donors (Lipinski definition) is 1. The van der Waals surface area contributed by atoms with E-state index in [9.17, 15) is 0 Å². The number of rotatable bonds is 1. The second kappa shape index (κ2) is 8.06. The van der Waals surface area contributed by atoms with E-state index in [1.807, 2.05) is 7.05 Å². The van der Waals surface area contributed by atoms with Gasteiger partial charge in [0.15, 0.2) is 0 Å². The third-order valence-corrected chi connectivity index (χ3v) is 2.25. The summed E-state index contributed by atoms with van der Waals surface area (Å²) in [5, 5.41) is 2.93. The van der Waals surface area contributed by atoms with Gasteiger partial charge in [0.25, 0.3) is 0 Å². The average Bonchev–Trinajstić information content (AvgIpc) is 2.07. The maximum atomic E-state index is 2.93. The molecular formula is C10H23N. The van der Waals surface area contributed by atoms with Crippen LogP contribution >= 0.6 is 0 Å². The zero-order chi connectivity index (χ0) is 8.53. The van der Waals surface area contributed by atoms with Gasteiger partial charge in [-0.2, -0.15) is 0 Å². The van der Waals surface area contributed by atoms with Crippen LogP contribution in [0.1, 0.15) is 46.0 Å². The molecule has 1 nitrogen and oxygen atoms in total. The molecule has 11 heavy (non-hydrogen) atoms. The monoisotopic (exact) mass is 157 g/mol. The summed E-state index contributed by atoms with van der Waals surface area (Å²) >= 11 is 0. The molecule has 0 unspecified atom stereocenters. The first kappa shape index (κ1) is 11.0. The Labute approximate surface area is 71.6 Å². The van der Waals surface area contributed by atoms with Crippen LogP contribution in [0.2, 0.25) is 0 Å². The molecule has 0 aromatic rings. The standard InChI is InChI=1S/C7H14.C3H9N/c1-7-5-3-2-4-6-7;1-3-4-2/h7H,2-6H2,1H3;4H,3H2,1-2H3. The zero-order valence-corrected chi connectivity index (χ0v) is 8.32. The lowest BCUT2D eigenvalue weighted by Crippen LogP contribution is -2.01. The third-order valence-electron chi connectivity index (χ3n) is 2.25. The van der Waals surface area contributed by atoms with Crippen molar-refractivity contribution in [2.24, 2.45) is 5.92 Å². The van der Waals surface area contributed by atoms with Crippen LogP contribution in [-0.4, -0.2) is 13.6 Å². The van der Waals surface area contributed by atoms with E-state index in [-0.39, 0.29) is 0 Å². The summed E-state index contributed by atoms with van der Waals surface area (Å²) in [6.07, 6.45) is 7.44. The molecule has 0 aliphatic heterocycles. The molecule has 1 saturated carbocycles. The first-order valence-corrected chi connectivity index (χ1v) is 4.95. The Kier molecular flexibility index (Phi) is 8.03. The minimum atomic E-state index is 1.04. The Balaban J connectivity index is 0.000000218. The summed E-state index contributed by atoms with van der Waals surface area (Å²) in [5.41, 5.74) is 0. The first-order chi connectivity index (χ1) is 5.31. The summed E-state index contributed by atoms with van der Waals surface area (Å²) in [4.78, 5) is 0. The Hall–Kier alpha value is -0.0400. The van der Waals surface area contributed by atoms with E-state index >= 15 is 0 Å². The fraction of sp³-hybridized carbons (Fsp3) is 1.00. The molecule has 0 radical (unpaired) electrons. The van der Waals surface area contributed by atoms with E-state index < -0.39 is 0 Å². The van der Waals surface area contributed by atoms with Gasteiger partial charge in [0.2, 0.25) is 0 Å². The van der Waals surface area contributed by atoms with E-state index in [1.165, 1.54) is 32.1 Å². The summed E-state index contributed by atoms with van der Waals surface area (Å²) in [7, 11) is 1.93. The molecule has 0 atom stereocenters. The highest BCUT2D eigenvalue weighted by atomic mass is 14.8. The van der Waals surface area contributed by atoms with Gasteiger partial charge in [0.1, 0.15) is 0 Å². The normalized spacial score (nSPS) is 18.8.